The van der Waals surface area contributed by atoms with Crippen molar-refractivity contribution in [2.75, 3.05) is 5.32 Å². The molecule has 0 saturated heterocycles. The van der Waals surface area contributed by atoms with E-state index in [2.05, 4.69) is 22.2 Å². The zero-order valence-corrected chi connectivity index (χ0v) is 8.90. The Hall–Kier alpha value is -1.65. The van der Waals surface area contributed by atoms with Crippen molar-refractivity contribution in [3.63, 3.8) is 0 Å². The minimum Gasteiger partial charge on any atom is -0.476 e. The smallest absolute Gasteiger partial charge is 0.356 e. The lowest BCUT2D eigenvalue weighted by atomic mass is 10.2. The number of hydrogen-bond acceptors (Lipinski definition) is 4. The highest BCUT2D eigenvalue weighted by atomic mass is 16.4. The first-order valence-electron chi connectivity index (χ1n) is 4.95. The molecule has 2 N–H and O–H groups in total. The van der Waals surface area contributed by atoms with Crippen molar-refractivity contribution in [2.24, 2.45) is 0 Å². The second-order valence-corrected chi connectivity index (χ2v) is 3.43. The number of aromatic carboxylic acids is 1. The van der Waals surface area contributed by atoms with Gasteiger partial charge in [-0.2, -0.15) is 0 Å². The van der Waals surface area contributed by atoms with Crippen LogP contribution in [-0.4, -0.2) is 27.1 Å². The number of rotatable bonds is 5. The molecule has 82 valence electrons. The lowest BCUT2D eigenvalue weighted by Crippen LogP contribution is -2.16. The maximum absolute atomic E-state index is 10.6. The van der Waals surface area contributed by atoms with Crippen molar-refractivity contribution >= 4 is 11.8 Å². The van der Waals surface area contributed by atoms with Crippen molar-refractivity contribution in [3.05, 3.63) is 18.1 Å². The van der Waals surface area contributed by atoms with Gasteiger partial charge in [0, 0.05) is 6.04 Å². The van der Waals surface area contributed by atoms with Gasteiger partial charge in [-0.05, 0) is 13.3 Å². The van der Waals surface area contributed by atoms with Crippen LogP contribution in [0.5, 0.6) is 0 Å². The third-order valence-electron chi connectivity index (χ3n) is 1.97. The first-order chi connectivity index (χ1) is 7.13. The van der Waals surface area contributed by atoms with Crippen LogP contribution < -0.4 is 5.32 Å². The summed E-state index contributed by atoms with van der Waals surface area (Å²) >= 11 is 0. The summed E-state index contributed by atoms with van der Waals surface area (Å²) in [6.07, 6.45) is 4.84. The molecule has 0 amide bonds. The molecule has 15 heavy (non-hydrogen) atoms. The van der Waals surface area contributed by atoms with Crippen molar-refractivity contribution < 1.29 is 9.90 Å². The zero-order valence-electron chi connectivity index (χ0n) is 8.90. The molecule has 5 heteroatoms. The molecule has 0 aliphatic carbocycles. The average molecular weight is 209 g/mol. The van der Waals surface area contributed by atoms with Crippen LogP contribution in [0.1, 0.15) is 37.2 Å². The van der Waals surface area contributed by atoms with E-state index in [0.29, 0.717) is 5.82 Å². The van der Waals surface area contributed by atoms with E-state index in [4.69, 9.17) is 5.11 Å². The number of carboxylic acids is 1. The molecule has 1 atom stereocenters. The van der Waals surface area contributed by atoms with Crippen LogP contribution in [0, 0.1) is 0 Å². The minimum atomic E-state index is -1.06. The Morgan fingerprint density at radius 2 is 2.33 bits per heavy atom. The second-order valence-electron chi connectivity index (χ2n) is 3.43. The lowest BCUT2D eigenvalue weighted by Gasteiger charge is -2.12. The van der Waals surface area contributed by atoms with E-state index >= 15 is 0 Å². The van der Waals surface area contributed by atoms with E-state index in [1.165, 1.54) is 12.4 Å². The number of aromatic nitrogens is 2. The summed E-state index contributed by atoms with van der Waals surface area (Å²) in [6.45, 7) is 4.12. The topological polar surface area (TPSA) is 75.1 Å². The van der Waals surface area contributed by atoms with Gasteiger partial charge in [0.05, 0.1) is 12.4 Å². The Labute approximate surface area is 88.6 Å². The Bertz CT molecular complexity index is 341. The van der Waals surface area contributed by atoms with Gasteiger partial charge in [0.25, 0.3) is 0 Å². The fraction of sp³-hybridized carbons (Fsp3) is 0.500. The third-order valence-corrected chi connectivity index (χ3v) is 1.97. The fourth-order valence-electron chi connectivity index (χ4n) is 1.30. The summed E-state index contributed by atoms with van der Waals surface area (Å²) in [6, 6.07) is 0.272. The number of hydrogen-bond donors (Lipinski definition) is 2. The van der Waals surface area contributed by atoms with E-state index < -0.39 is 5.97 Å². The fourth-order valence-corrected chi connectivity index (χ4v) is 1.30. The number of carbonyl (C=O) groups is 1. The maximum Gasteiger partial charge on any atom is 0.356 e. The zero-order chi connectivity index (χ0) is 11.3. The Kier molecular flexibility index (Phi) is 4.03. The van der Waals surface area contributed by atoms with Crippen LogP contribution >= 0.6 is 0 Å². The summed E-state index contributed by atoms with van der Waals surface area (Å²) < 4.78 is 0. The van der Waals surface area contributed by atoms with Crippen molar-refractivity contribution in [1.82, 2.24) is 9.97 Å². The molecule has 0 bridgehead atoms. The summed E-state index contributed by atoms with van der Waals surface area (Å²) in [5.74, 6) is -0.551. The molecule has 0 fully saturated rings. The van der Waals surface area contributed by atoms with Gasteiger partial charge in [-0.15, -0.1) is 0 Å². The molecule has 0 aliphatic heterocycles. The molecule has 0 spiro atoms. The van der Waals surface area contributed by atoms with Crippen molar-refractivity contribution in [1.29, 1.82) is 0 Å². The standard InChI is InChI=1S/C10H15N3O2/c1-3-4-7(2)12-9-6-11-5-8(13-9)10(14)15/h5-7H,3-4H2,1-2H3,(H,12,13)(H,14,15). The third kappa shape index (κ3) is 3.53. The number of nitrogens with one attached hydrogen (secondary N) is 1. The monoisotopic (exact) mass is 209 g/mol. The number of nitrogens with zero attached hydrogens (tertiary/aromatic N) is 2. The molecule has 1 rings (SSSR count). The normalized spacial score (nSPS) is 12.1. The van der Waals surface area contributed by atoms with Crippen LogP contribution in [0.25, 0.3) is 0 Å². The molecule has 0 aliphatic rings. The van der Waals surface area contributed by atoms with E-state index in [-0.39, 0.29) is 11.7 Å². The van der Waals surface area contributed by atoms with Crippen molar-refractivity contribution in [2.45, 2.75) is 32.7 Å². The molecule has 1 aromatic rings. The summed E-state index contributed by atoms with van der Waals surface area (Å²) in [5, 5.41) is 11.8. The number of carboxylic acid groups (broad SMARTS) is 1. The summed E-state index contributed by atoms with van der Waals surface area (Å²) in [7, 11) is 0. The van der Waals surface area contributed by atoms with Crippen LogP contribution in [-0.2, 0) is 0 Å². The SMILES string of the molecule is CCCC(C)Nc1cncc(C(=O)O)n1. The molecule has 1 unspecified atom stereocenters. The van der Waals surface area contributed by atoms with Gasteiger partial charge in [0.15, 0.2) is 5.69 Å². The van der Waals surface area contributed by atoms with Gasteiger partial charge >= 0.3 is 5.97 Å². The Morgan fingerprint density at radius 1 is 1.60 bits per heavy atom. The highest BCUT2D eigenvalue weighted by molar-refractivity contribution is 5.85. The molecule has 0 saturated carbocycles. The molecule has 1 aromatic heterocycles. The first kappa shape index (κ1) is 11.4. The van der Waals surface area contributed by atoms with E-state index in [1.54, 1.807) is 0 Å². The van der Waals surface area contributed by atoms with E-state index in [1.807, 2.05) is 6.92 Å². The summed E-state index contributed by atoms with van der Waals surface area (Å²) in [4.78, 5) is 18.4. The highest BCUT2D eigenvalue weighted by Crippen LogP contribution is 2.07. The van der Waals surface area contributed by atoms with Crippen molar-refractivity contribution in [3.8, 4) is 0 Å². The molecular weight excluding hydrogens is 194 g/mol. The Morgan fingerprint density at radius 3 is 2.93 bits per heavy atom. The van der Waals surface area contributed by atoms with E-state index in [9.17, 15) is 4.79 Å². The van der Waals surface area contributed by atoms with Crippen LogP contribution in [0.15, 0.2) is 12.4 Å². The minimum absolute atomic E-state index is 0.0382. The first-order valence-corrected chi connectivity index (χ1v) is 4.95. The lowest BCUT2D eigenvalue weighted by molar-refractivity contribution is 0.0690. The van der Waals surface area contributed by atoms with Gasteiger partial charge < -0.3 is 10.4 Å². The quantitative estimate of drug-likeness (QED) is 0.773. The second kappa shape index (κ2) is 5.29. The highest BCUT2D eigenvalue weighted by Gasteiger charge is 2.07. The molecular formula is C10H15N3O2. The van der Waals surface area contributed by atoms with Gasteiger partial charge in [-0.3, -0.25) is 4.98 Å². The maximum atomic E-state index is 10.6. The van der Waals surface area contributed by atoms with Gasteiger partial charge in [0.2, 0.25) is 0 Å². The molecule has 0 radical (unpaired) electrons. The summed E-state index contributed by atoms with van der Waals surface area (Å²) in [5.41, 5.74) is -0.0382. The number of anilines is 1. The van der Waals surface area contributed by atoms with Crippen LogP contribution in [0.4, 0.5) is 5.82 Å². The van der Waals surface area contributed by atoms with Crippen LogP contribution in [0.3, 0.4) is 0 Å². The molecule has 5 nitrogen and oxygen atoms in total. The van der Waals surface area contributed by atoms with Gasteiger partial charge in [-0.1, -0.05) is 13.3 Å². The molecule has 1 heterocycles. The predicted octanol–water partition coefficient (Wildman–Crippen LogP) is 1.78. The van der Waals surface area contributed by atoms with E-state index in [0.717, 1.165) is 12.8 Å². The Balaban J connectivity index is 2.69. The van der Waals surface area contributed by atoms with Gasteiger partial charge in [-0.25, -0.2) is 9.78 Å². The average Bonchev–Trinajstić information content (AvgIpc) is 2.18. The van der Waals surface area contributed by atoms with Gasteiger partial charge in [0.1, 0.15) is 5.82 Å². The molecule has 0 aromatic carbocycles. The predicted molar refractivity (Wildman–Crippen MR) is 57.0 cm³/mol. The largest absolute Gasteiger partial charge is 0.476 e. The van der Waals surface area contributed by atoms with Crippen LogP contribution in [0.2, 0.25) is 0 Å².